The van der Waals surface area contributed by atoms with Crippen LogP contribution in [0.5, 0.6) is 0 Å². The molecule has 1 unspecified atom stereocenters. The summed E-state index contributed by atoms with van der Waals surface area (Å²) in [5, 5.41) is 19.0. The molecule has 0 aliphatic heterocycles. The van der Waals surface area contributed by atoms with E-state index < -0.39 is 5.60 Å². The van der Waals surface area contributed by atoms with E-state index in [1.807, 2.05) is 20.8 Å². The molecule has 1 fully saturated rings. The number of hydrogen-bond acceptors (Lipinski definition) is 2. The molecule has 0 heterocycles. The zero-order chi connectivity index (χ0) is 9.41. The molecule has 0 aromatic carbocycles. The normalized spacial score (nSPS) is 23.8. The minimum Gasteiger partial charge on any atom is -0.393 e. The Kier molecular flexibility index (Phi) is 2.50. The van der Waals surface area contributed by atoms with Crippen molar-refractivity contribution in [2.45, 2.75) is 58.2 Å². The van der Waals surface area contributed by atoms with Crippen molar-refractivity contribution in [3.05, 3.63) is 0 Å². The summed E-state index contributed by atoms with van der Waals surface area (Å²) in [5.41, 5.74) is -0.426. The molecule has 1 atom stereocenters. The first-order valence-electron chi connectivity index (χ1n) is 4.76. The number of aliphatic hydroxyl groups is 2. The highest BCUT2D eigenvalue weighted by molar-refractivity contribution is 4.97. The van der Waals surface area contributed by atoms with Crippen molar-refractivity contribution in [3.63, 3.8) is 0 Å². The summed E-state index contributed by atoms with van der Waals surface area (Å²) in [5.74, 6) is 0. The predicted octanol–water partition coefficient (Wildman–Crippen LogP) is 1.70. The van der Waals surface area contributed by atoms with Crippen LogP contribution >= 0.6 is 0 Å². The van der Waals surface area contributed by atoms with Gasteiger partial charge < -0.3 is 10.2 Å². The number of aliphatic hydroxyl groups excluding tert-OH is 1. The van der Waals surface area contributed by atoms with Gasteiger partial charge in [-0.05, 0) is 51.9 Å². The van der Waals surface area contributed by atoms with Crippen molar-refractivity contribution in [2.24, 2.45) is 5.41 Å². The standard InChI is InChI=1S/C10H20O2/c1-8(11)10(6-7-10)5-4-9(2,3)12/h8,11-12H,4-7H2,1-3H3. The summed E-state index contributed by atoms with van der Waals surface area (Å²) in [6.07, 6.45) is 3.79. The molecule has 2 N–H and O–H groups in total. The van der Waals surface area contributed by atoms with Crippen LogP contribution in [0.2, 0.25) is 0 Å². The lowest BCUT2D eigenvalue weighted by Crippen LogP contribution is -2.24. The van der Waals surface area contributed by atoms with Gasteiger partial charge in [0.2, 0.25) is 0 Å². The second kappa shape index (κ2) is 3.00. The Labute approximate surface area is 74.6 Å². The zero-order valence-corrected chi connectivity index (χ0v) is 8.30. The van der Waals surface area contributed by atoms with Crippen LogP contribution in [0.25, 0.3) is 0 Å². The first-order chi connectivity index (χ1) is 5.36. The lowest BCUT2D eigenvalue weighted by atomic mass is 9.89. The van der Waals surface area contributed by atoms with Gasteiger partial charge in [-0.2, -0.15) is 0 Å². The highest BCUT2D eigenvalue weighted by Gasteiger charge is 2.46. The first-order valence-corrected chi connectivity index (χ1v) is 4.76. The second-order valence-electron chi connectivity index (χ2n) is 4.85. The Morgan fingerprint density at radius 1 is 1.42 bits per heavy atom. The molecule has 0 aromatic rings. The Morgan fingerprint density at radius 2 is 1.92 bits per heavy atom. The second-order valence-corrected chi connectivity index (χ2v) is 4.85. The maximum Gasteiger partial charge on any atom is 0.0592 e. The van der Waals surface area contributed by atoms with E-state index >= 15 is 0 Å². The predicted molar refractivity (Wildman–Crippen MR) is 48.9 cm³/mol. The maximum absolute atomic E-state index is 9.51. The summed E-state index contributed by atoms with van der Waals surface area (Å²) in [4.78, 5) is 0. The van der Waals surface area contributed by atoms with Crippen LogP contribution < -0.4 is 0 Å². The molecule has 0 spiro atoms. The summed E-state index contributed by atoms with van der Waals surface area (Å²) >= 11 is 0. The van der Waals surface area contributed by atoms with Gasteiger partial charge in [0.1, 0.15) is 0 Å². The third kappa shape index (κ3) is 2.46. The van der Waals surface area contributed by atoms with E-state index in [0.717, 1.165) is 25.7 Å². The van der Waals surface area contributed by atoms with Crippen molar-refractivity contribution in [2.75, 3.05) is 0 Å². The van der Waals surface area contributed by atoms with Gasteiger partial charge in [0.25, 0.3) is 0 Å². The van der Waals surface area contributed by atoms with Gasteiger partial charge >= 0.3 is 0 Å². The van der Waals surface area contributed by atoms with Crippen molar-refractivity contribution in [1.29, 1.82) is 0 Å². The van der Waals surface area contributed by atoms with Crippen molar-refractivity contribution in [3.8, 4) is 0 Å². The summed E-state index contributed by atoms with van der Waals surface area (Å²) < 4.78 is 0. The fraction of sp³-hybridized carbons (Fsp3) is 1.00. The quantitative estimate of drug-likeness (QED) is 0.677. The van der Waals surface area contributed by atoms with Crippen LogP contribution in [0.1, 0.15) is 46.5 Å². The summed E-state index contributed by atoms with van der Waals surface area (Å²) in [6.45, 7) is 5.51. The molecule has 12 heavy (non-hydrogen) atoms. The van der Waals surface area contributed by atoms with E-state index in [0.29, 0.717) is 0 Å². The minimum atomic E-state index is -0.579. The molecular formula is C10H20O2. The number of hydrogen-bond donors (Lipinski definition) is 2. The van der Waals surface area contributed by atoms with Crippen LogP contribution in [-0.4, -0.2) is 21.9 Å². The summed E-state index contributed by atoms with van der Waals surface area (Å²) in [7, 11) is 0. The van der Waals surface area contributed by atoms with E-state index in [1.165, 1.54) is 0 Å². The largest absolute Gasteiger partial charge is 0.393 e. The molecule has 1 aliphatic carbocycles. The molecule has 0 amide bonds. The van der Waals surface area contributed by atoms with Gasteiger partial charge in [0, 0.05) is 0 Å². The van der Waals surface area contributed by atoms with Gasteiger partial charge in [-0.25, -0.2) is 0 Å². The average Bonchev–Trinajstić information content (AvgIpc) is 2.61. The lowest BCUT2D eigenvalue weighted by molar-refractivity contribution is 0.0419. The van der Waals surface area contributed by atoms with E-state index in [9.17, 15) is 10.2 Å². The number of rotatable bonds is 4. The maximum atomic E-state index is 9.51. The fourth-order valence-electron chi connectivity index (χ4n) is 1.59. The van der Waals surface area contributed by atoms with Gasteiger partial charge in [-0.15, -0.1) is 0 Å². The minimum absolute atomic E-state index is 0.153. The Balaban J connectivity index is 2.32. The molecule has 72 valence electrons. The van der Waals surface area contributed by atoms with Crippen LogP contribution in [0.4, 0.5) is 0 Å². The van der Waals surface area contributed by atoms with Crippen LogP contribution in [0, 0.1) is 5.41 Å². The van der Waals surface area contributed by atoms with E-state index in [-0.39, 0.29) is 11.5 Å². The molecular weight excluding hydrogens is 152 g/mol. The topological polar surface area (TPSA) is 40.5 Å². The molecule has 2 nitrogen and oxygen atoms in total. The molecule has 0 aromatic heterocycles. The molecule has 0 radical (unpaired) electrons. The monoisotopic (exact) mass is 172 g/mol. The van der Waals surface area contributed by atoms with Gasteiger partial charge in [-0.1, -0.05) is 0 Å². The zero-order valence-electron chi connectivity index (χ0n) is 8.30. The smallest absolute Gasteiger partial charge is 0.0592 e. The van der Waals surface area contributed by atoms with E-state index in [1.54, 1.807) is 0 Å². The molecule has 1 rings (SSSR count). The average molecular weight is 172 g/mol. The lowest BCUT2D eigenvalue weighted by Gasteiger charge is -2.23. The van der Waals surface area contributed by atoms with Crippen LogP contribution in [0.15, 0.2) is 0 Å². The molecule has 1 saturated carbocycles. The van der Waals surface area contributed by atoms with Gasteiger partial charge in [-0.3, -0.25) is 0 Å². The molecule has 1 aliphatic rings. The Morgan fingerprint density at radius 3 is 2.17 bits per heavy atom. The van der Waals surface area contributed by atoms with Crippen LogP contribution in [-0.2, 0) is 0 Å². The highest BCUT2D eigenvalue weighted by atomic mass is 16.3. The molecule has 2 heteroatoms. The third-order valence-electron chi connectivity index (χ3n) is 3.01. The highest BCUT2D eigenvalue weighted by Crippen LogP contribution is 2.53. The Bertz CT molecular complexity index is 152. The first kappa shape index (κ1) is 10.0. The van der Waals surface area contributed by atoms with Crippen LogP contribution in [0.3, 0.4) is 0 Å². The molecule has 0 saturated heterocycles. The van der Waals surface area contributed by atoms with Crippen molar-refractivity contribution >= 4 is 0 Å². The van der Waals surface area contributed by atoms with Crippen molar-refractivity contribution in [1.82, 2.24) is 0 Å². The summed E-state index contributed by atoms with van der Waals surface area (Å²) in [6, 6.07) is 0. The van der Waals surface area contributed by atoms with E-state index in [2.05, 4.69) is 0 Å². The Hall–Kier alpha value is -0.0800. The third-order valence-corrected chi connectivity index (χ3v) is 3.01. The van der Waals surface area contributed by atoms with Crippen molar-refractivity contribution < 1.29 is 10.2 Å². The molecule has 0 bridgehead atoms. The SMILES string of the molecule is CC(O)C1(CCC(C)(C)O)CC1. The van der Waals surface area contributed by atoms with Gasteiger partial charge in [0.15, 0.2) is 0 Å². The van der Waals surface area contributed by atoms with E-state index in [4.69, 9.17) is 0 Å². The van der Waals surface area contributed by atoms with Gasteiger partial charge in [0.05, 0.1) is 11.7 Å². The fourth-order valence-corrected chi connectivity index (χ4v) is 1.59.